The first-order chi connectivity index (χ1) is 9.88. The molecular weight excluding hydrogens is 283 g/mol. The Balaban J connectivity index is 1.93. The molecule has 0 amide bonds. The molecule has 0 radical (unpaired) electrons. The first kappa shape index (κ1) is 15.6. The molecule has 2 N–H and O–H groups in total. The third kappa shape index (κ3) is 4.09. The van der Waals surface area contributed by atoms with E-state index in [9.17, 15) is 18.3 Å². The van der Waals surface area contributed by atoms with Gasteiger partial charge in [0, 0.05) is 6.54 Å². The molecule has 2 atom stereocenters. The minimum absolute atomic E-state index is 0.0934. The summed E-state index contributed by atoms with van der Waals surface area (Å²) < 4.78 is 42.6. The summed E-state index contributed by atoms with van der Waals surface area (Å²) in [5, 5.41) is 13.0. The fraction of sp³-hybridized carbons (Fsp3) is 0.333. The van der Waals surface area contributed by atoms with Crippen LogP contribution in [0.15, 0.2) is 47.1 Å². The van der Waals surface area contributed by atoms with Crippen molar-refractivity contribution >= 4 is 0 Å². The van der Waals surface area contributed by atoms with Crippen molar-refractivity contribution in [1.82, 2.24) is 5.32 Å². The fourth-order valence-electron chi connectivity index (χ4n) is 1.94. The highest BCUT2D eigenvalue weighted by atomic mass is 19.4. The molecule has 0 aliphatic heterocycles. The quantitative estimate of drug-likeness (QED) is 0.885. The maximum absolute atomic E-state index is 12.4. The Hall–Kier alpha value is -1.79. The van der Waals surface area contributed by atoms with Crippen LogP contribution in [0.1, 0.15) is 36.0 Å². The van der Waals surface area contributed by atoms with E-state index in [1.54, 1.807) is 12.3 Å². The van der Waals surface area contributed by atoms with Gasteiger partial charge in [0.15, 0.2) is 0 Å². The minimum atomic E-state index is -4.37. The number of hydrogen-bond donors (Lipinski definition) is 2. The van der Waals surface area contributed by atoms with Gasteiger partial charge in [0.1, 0.15) is 5.76 Å². The number of aliphatic hydroxyl groups is 1. The fourth-order valence-corrected chi connectivity index (χ4v) is 1.94. The summed E-state index contributed by atoms with van der Waals surface area (Å²) in [4.78, 5) is 0. The second-order valence-electron chi connectivity index (χ2n) is 4.78. The largest absolute Gasteiger partial charge is 0.468 e. The number of nitrogens with one attached hydrogen (secondary N) is 1. The van der Waals surface area contributed by atoms with Gasteiger partial charge in [-0.3, -0.25) is 0 Å². The van der Waals surface area contributed by atoms with Gasteiger partial charge in [-0.05, 0) is 36.8 Å². The van der Waals surface area contributed by atoms with E-state index in [0.717, 1.165) is 17.9 Å². The maximum atomic E-state index is 12.4. The monoisotopic (exact) mass is 299 g/mol. The summed E-state index contributed by atoms with van der Waals surface area (Å²) in [5.74, 6) is 0.731. The molecule has 1 unspecified atom stereocenters. The number of alkyl halides is 3. The molecule has 1 aromatic carbocycles. The molecule has 2 rings (SSSR count). The first-order valence-electron chi connectivity index (χ1n) is 6.50. The molecule has 0 saturated carbocycles. The molecule has 21 heavy (non-hydrogen) atoms. The molecule has 0 aliphatic rings. The van der Waals surface area contributed by atoms with Crippen molar-refractivity contribution in [3.05, 3.63) is 59.5 Å². The summed E-state index contributed by atoms with van der Waals surface area (Å²) in [6.07, 6.45) is -3.69. The molecule has 0 spiro atoms. The Morgan fingerprint density at radius 3 is 2.38 bits per heavy atom. The van der Waals surface area contributed by atoms with Crippen LogP contribution in [0.25, 0.3) is 0 Å². The van der Waals surface area contributed by atoms with Gasteiger partial charge < -0.3 is 14.8 Å². The summed E-state index contributed by atoms with van der Waals surface area (Å²) in [7, 11) is 0. The van der Waals surface area contributed by atoms with E-state index < -0.39 is 17.8 Å². The minimum Gasteiger partial charge on any atom is -0.468 e. The summed E-state index contributed by atoms with van der Waals surface area (Å²) >= 11 is 0. The molecule has 6 heteroatoms. The third-order valence-corrected chi connectivity index (χ3v) is 3.21. The van der Waals surface area contributed by atoms with E-state index in [4.69, 9.17) is 4.42 Å². The standard InChI is InChI=1S/C15H16F3NO2/c1-10(14-3-2-8-21-14)19-9-13(20)11-4-6-12(7-5-11)15(16,17)18/h2-8,10,13,19-20H,9H2,1H3/t10-,13?/m1/s1. The zero-order chi connectivity index (χ0) is 15.5. The number of aliphatic hydroxyl groups excluding tert-OH is 1. The van der Waals surface area contributed by atoms with E-state index >= 15 is 0 Å². The van der Waals surface area contributed by atoms with Crippen LogP contribution in [0.4, 0.5) is 13.2 Å². The van der Waals surface area contributed by atoms with Crippen molar-refractivity contribution in [2.45, 2.75) is 25.2 Å². The Kier molecular flexibility index (Phi) is 4.69. The smallest absolute Gasteiger partial charge is 0.416 e. The molecule has 2 aromatic rings. The average molecular weight is 299 g/mol. The Labute approximate surface area is 120 Å². The van der Waals surface area contributed by atoms with Gasteiger partial charge in [-0.15, -0.1) is 0 Å². The molecule has 0 fully saturated rings. The van der Waals surface area contributed by atoms with Crippen LogP contribution >= 0.6 is 0 Å². The molecule has 1 heterocycles. The van der Waals surface area contributed by atoms with Gasteiger partial charge in [-0.2, -0.15) is 13.2 Å². The highest BCUT2D eigenvalue weighted by Crippen LogP contribution is 2.29. The van der Waals surface area contributed by atoms with Crippen LogP contribution in [0, 0.1) is 0 Å². The van der Waals surface area contributed by atoms with Crippen molar-refractivity contribution < 1.29 is 22.7 Å². The topological polar surface area (TPSA) is 45.4 Å². The van der Waals surface area contributed by atoms with Gasteiger partial charge >= 0.3 is 6.18 Å². The number of hydrogen-bond acceptors (Lipinski definition) is 3. The van der Waals surface area contributed by atoms with Gasteiger partial charge in [0.05, 0.1) is 24.0 Å². The van der Waals surface area contributed by atoms with Gasteiger partial charge in [0.25, 0.3) is 0 Å². The van der Waals surface area contributed by atoms with Crippen molar-refractivity contribution in [3.8, 4) is 0 Å². The van der Waals surface area contributed by atoms with Crippen molar-refractivity contribution in [2.75, 3.05) is 6.54 Å². The van der Waals surface area contributed by atoms with Crippen molar-refractivity contribution in [2.24, 2.45) is 0 Å². The van der Waals surface area contributed by atoms with E-state index in [-0.39, 0.29) is 12.6 Å². The van der Waals surface area contributed by atoms with E-state index in [2.05, 4.69) is 5.32 Å². The predicted molar refractivity (Wildman–Crippen MR) is 71.5 cm³/mol. The summed E-state index contributed by atoms with van der Waals surface area (Å²) in [5.41, 5.74) is -0.294. The zero-order valence-corrected chi connectivity index (χ0v) is 11.4. The lowest BCUT2D eigenvalue weighted by molar-refractivity contribution is -0.137. The number of halogens is 3. The second-order valence-corrected chi connectivity index (χ2v) is 4.78. The van der Waals surface area contributed by atoms with Crippen LogP contribution < -0.4 is 5.32 Å². The van der Waals surface area contributed by atoms with E-state index in [1.165, 1.54) is 12.1 Å². The second kappa shape index (κ2) is 6.32. The van der Waals surface area contributed by atoms with Crippen LogP contribution in [-0.2, 0) is 6.18 Å². The lowest BCUT2D eigenvalue weighted by Crippen LogP contribution is -2.24. The lowest BCUT2D eigenvalue weighted by atomic mass is 10.1. The summed E-state index contributed by atoms with van der Waals surface area (Å²) in [6.45, 7) is 2.09. The molecular formula is C15H16F3NO2. The Bertz CT molecular complexity index is 549. The number of furan rings is 1. The van der Waals surface area contributed by atoms with Gasteiger partial charge in [-0.25, -0.2) is 0 Å². The van der Waals surface area contributed by atoms with Crippen LogP contribution in [-0.4, -0.2) is 11.7 Å². The first-order valence-corrected chi connectivity index (χ1v) is 6.50. The summed E-state index contributed by atoms with van der Waals surface area (Å²) in [6, 6.07) is 7.98. The molecule has 114 valence electrons. The normalized spacial score (nSPS) is 14.9. The average Bonchev–Trinajstić information content (AvgIpc) is 2.98. The zero-order valence-electron chi connectivity index (χ0n) is 11.4. The Morgan fingerprint density at radius 2 is 1.86 bits per heavy atom. The van der Waals surface area contributed by atoms with Gasteiger partial charge in [-0.1, -0.05) is 12.1 Å². The van der Waals surface area contributed by atoms with Crippen LogP contribution in [0.3, 0.4) is 0 Å². The Morgan fingerprint density at radius 1 is 1.19 bits per heavy atom. The molecule has 0 bridgehead atoms. The molecule has 0 saturated heterocycles. The van der Waals surface area contributed by atoms with Gasteiger partial charge in [0.2, 0.25) is 0 Å². The van der Waals surface area contributed by atoms with Crippen molar-refractivity contribution in [1.29, 1.82) is 0 Å². The van der Waals surface area contributed by atoms with E-state index in [0.29, 0.717) is 5.56 Å². The SMILES string of the molecule is C[C@@H](NCC(O)c1ccc(C(F)(F)F)cc1)c1ccco1. The van der Waals surface area contributed by atoms with Crippen LogP contribution in [0.5, 0.6) is 0 Å². The number of benzene rings is 1. The molecule has 3 nitrogen and oxygen atoms in total. The lowest BCUT2D eigenvalue weighted by Gasteiger charge is -2.16. The highest BCUT2D eigenvalue weighted by molar-refractivity contribution is 5.26. The third-order valence-electron chi connectivity index (χ3n) is 3.21. The van der Waals surface area contributed by atoms with Crippen LogP contribution in [0.2, 0.25) is 0 Å². The van der Waals surface area contributed by atoms with E-state index in [1.807, 2.05) is 13.0 Å². The predicted octanol–water partition coefficient (Wildman–Crippen LogP) is 3.68. The molecule has 0 aliphatic carbocycles. The maximum Gasteiger partial charge on any atom is 0.416 e. The number of rotatable bonds is 5. The van der Waals surface area contributed by atoms with Crippen molar-refractivity contribution in [3.63, 3.8) is 0 Å². The molecule has 1 aromatic heterocycles. The highest BCUT2D eigenvalue weighted by Gasteiger charge is 2.30.